The van der Waals surface area contributed by atoms with Crippen molar-refractivity contribution in [3.63, 3.8) is 0 Å². The van der Waals surface area contributed by atoms with Crippen LogP contribution in [0.15, 0.2) is 29.6 Å². The van der Waals surface area contributed by atoms with Crippen molar-refractivity contribution < 1.29 is 18.0 Å². The van der Waals surface area contributed by atoms with Gasteiger partial charge in [-0.3, -0.25) is 4.79 Å². The third kappa shape index (κ3) is 2.31. The van der Waals surface area contributed by atoms with E-state index >= 15 is 0 Å². The van der Waals surface area contributed by atoms with Crippen LogP contribution in [0.2, 0.25) is 0 Å². The first kappa shape index (κ1) is 13.2. The van der Waals surface area contributed by atoms with Gasteiger partial charge in [-0.05, 0) is 30.0 Å². The largest absolute Gasteiger partial charge is 0.349 e. The van der Waals surface area contributed by atoms with Crippen LogP contribution in [0.5, 0.6) is 0 Å². The Hall–Kier alpha value is -1.82. The Labute approximate surface area is 117 Å². The van der Waals surface area contributed by atoms with Gasteiger partial charge in [0.1, 0.15) is 0 Å². The smallest absolute Gasteiger partial charge is 0.254 e. The summed E-state index contributed by atoms with van der Waals surface area (Å²) < 4.78 is 39.4. The van der Waals surface area contributed by atoms with Crippen LogP contribution in [-0.4, -0.2) is 11.9 Å². The summed E-state index contributed by atoms with van der Waals surface area (Å²) in [6.07, 6.45) is 0.775. The van der Waals surface area contributed by atoms with E-state index in [0.29, 0.717) is 0 Å². The first-order valence-corrected chi connectivity index (χ1v) is 6.93. The molecule has 1 fully saturated rings. The summed E-state index contributed by atoms with van der Waals surface area (Å²) in [7, 11) is 0. The predicted octanol–water partition coefficient (Wildman–Crippen LogP) is 3.45. The normalized spacial score (nSPS) is 20.8. The monoisotopic (exact) mass is 297 g/mol. The van der Waals surface area contributed by atoms with E-state index in [2.05, 4.69) is 5.32 Å². The van der Waals surface area contributed by atoms with Crippen LogP contribution in [0.4, 0.5) is 13.2 Å². The maximum Gasteiger partial charge on any atom is 0.254 e. The van der Waals surface area contributed by atoms with Gasteiger partial charge in [-0.1, -0.05) is 6.07 Å². The number of halogens is 3. The van der Waals surface area contributed by atoms with E-state index in [1.54, 1.807) is 11.3 Å². The standard InChI is InChI=1S/C14H10F3NOS/c15-9-4-3-7(12(16)13(9)17)14(19)18-10-6-8(10)11-2-1-5-20-11/h1-5,8,10H,6H2,(H,18,19). The summed E-state index contributed by atoms with van der Waals surface area (Å²) in [6, 6.07) is 5.52. The molecule has 1 N–H and O–H groups in total. The van der Waals surface area contributed by atoms with E-state index in [4.69, 9.17) is 0 Å². The van der Waals surface area contributed by atoms with Gasteiger partial charge < -0.3 is 5.32 Å². The van der Waals surface area contributed by atoms with Gasteiger partial charge in [0.05, 0.1) is 5.56 Å². The first-order valence-electron chi connectivity index (χ1n) is 6.05. The van der Waals surface area contributed by atoms with Gasteiger partial charge in [-0.25, -0.2) is 13.2 Å². The third-order valence-electron chi connectivity index (χ3n) is 3.30. The second-order valence-corrected chi connectivity index (χ2v) is 5.64. The number of hydrogen-bond donors (Lipinski definition) is 1. The van der Waals surface area contributed by atoms with E-state index < -0.39 is 28.9 Å². The average molecular weight is 297 g/mol. The Kier molecular flexibility index (Phi) is 3.25. The van der Waals surface area contributed by atoms with E-state index in [0.717, 1.165) is 23.4 Å². The molecule has 2 aromatic rings. The molecular formula is C14H10F3NOS. The molecule has 1 aliphatic rings. The second kappa shape index (κ2) is 4.94. The molecule has 1 aromatic heterocycles. The maximum atomic E-state index is 13.5. The van der Waals surface area contributed by atoms with Gasteiger partial charge in [-0.2, -0.15) is 0 Å². The zero-order valence-corrected chi connectivity index (χ0v) is 11.0. The molecule has 0 spiro atoms. The van der Waals surface area contributed by atoms with Crippen molar-refractivity contribution in [1.82, 2.24) is 5.32 Å². The van der Waals surface area contributed by atoms with Crippen LogP contribution in [0.25, 0.3) is 0 Å². The lowest BCUT2D eigenvalue weighted by atomic mass is 10.2. The molecule has 0 radical (unpaired) electrons. The number of benzene rings is 1. The average Bonchev–Trinajstić information content (AvgIpc) is 2.98. The van der Waals surface area contributed by atoms with Gasteiger partial charge in [0, 0.05) is 16.8 Å². The lowest BCUT2D eigenvalue weighted by Crippen LogP contribution is -2.27. The molecule has 2 atom stereocenters. The van der Waals surface area contributed by atoms with Gasteiger partial charge in [0.2, 0.25) is 0 Å². The molecule has 1 aliphatic carbocycles. The third-order valence-corrected chi connectivity index (χ3v) is 4.30. The molecule has 0 aliphatic heterocycles. The van der Waals surface area contributed by atoms with Crippen molar-refractivity contribution in [3.8, 4) is 0 Å². The van der Waals surface area contributed by atoms with Crippen molar-refractivity contribution in [2.24, 2.45) is 0 Å². The molecule has 2 nitrogen and oxygen atoms in total. The van der Waals surface area contributed by atoms with Crippen molar-refractivity contribution in [1.29, 1.82) is 0 Å². The fourth-order valence-corrected chi connectivity index (χ4v) is 3.03. The molecular weight excluding hydrogens is 287 g/mol. The molecule has 1 amide bonds. The van der Waals surface area contributed by atoms with E-state index in [1.807, 2.05) is 17.5 Å². The lowest BCUT2D eigenvalue weighted by molar-refractivity contribution is 0.0945. The Balaban J connectivity index is 1.71. The lowest BCUT2D eigenvalue weighted by Gasteiger charge is -2.06. The highest BCUT2D eigenvalue weighted by molar-refractivity contribution is 7.10. The molecule has 3 rings (SSSR count). The number of amides is 1. The highest BCUT2D eigenvalue weighted by Gasteiger charge is 2.40. The van der Waals surface area contributed by atoms with Gasteiger partial charge in [-0.15, -0.1) is 11.3 Å². The number of carbonyl (C=O) groups excluding carboxylic acids is 1. The number of rotatable bonds is 3. The Morgan fingerprint density at radius 3 is 2.70 bits per heavy atom. The van der Waals surface area contributed by atoms with Crippen LogP contribution in [0.1, 0.15) is 27.6 Å². The molecule has 0 saturated heterocycles. The number of hydrogen-bond acceptors (Lipinski definition) is 2. The fraction of sp³-hybridized carbons (Fsp3) is 0.214. The molecule has 1 aromatic carbocycles. The minimum atomic E-state index is -1.62. The summed E-state index contributed by atoms with van der Waals surface area (Å²) in [5.74, 6) is -4.86. The van der Waals surface area contributed by atoms with Crippen molar-refractivity contribution in [2.45, 2.75) is 18.4 Å². The van der Waals surface area contributed by atoms with Gasteiger partial charge in [0.25, 0.3) is 5.91 Å². The summed E-state index contributed by atoms with van der Waals surface area (Å²) in [4.78, 5) is 13.0. The Bertz CT molecular complexity index is 657. The topological polar surface area (TPSA) is 29.1 Å². The molecule has 104 valence electrons. The summed E-state index contributed by atoms with van der Waals surface area (Å²) in [6.45, 7) is 0. The SMILES string of the molecule is O=C(NC1CC1c1cccs1)c1ccc(F)c(F)c1F. The molecule has 6 heteroatoms. The van der Waals surface area contributed by atoms with Crippen LogP contribution in [-0.2, 0) is 0 Å². The van der Waals surface area contributed by atoms with Crippen molar-refractivity contribution in [2.75, 3.05) is 0 Å². The van der Waals surface area contributed by atoms with E-state index in [1.165, 1.54) is 0 Å². The molecule has 20 heavy (non-hydrogen) atoms. The van der Waals surface area contributed by atoms with Crippen molar-refractivity contribution in [3.05, 3.63) is 57.5 Å². The van der Waals surface area contributed by atoms with E-state index in [-0.39, 0.29) is 12.0 Å². The summed E-state index contributed by atoms with van der Waals surface area (Å²) >= 11 is 1.59. The van der Waals surface area contributed by atoms with Crippen LogP contribution < -0.4 is 5.32 Å². The second-order valence-electron chi connectivity index (χ2n) is 4.66. The van der Waals surface area contributed by atoms with Crippen LogP contribution in [0, 0.1) is 17.5 Å². The first-order chi connectivity index (χ1) is 9.58. The predicted molar refractivity (Wildman–Crippen MR) is 69.2 cm³/mol. The Morgan fingerprint density at radius 2 is 2.00 bits per heavy atom. The Morgan fingerprint density at radius 1 is 1.20 bits per heavy atom. The molecule has 0 bridgehead atoms. The molecule has 1 heterocycles. The molecule has 2 unspecified atom stereocenters. The quantitative estimate of drug-likeness (QED) is 0.864. The molecule has 1 saturated carbocycles. The summed E-state index contributed by atoms with van der Waals surface area (Å²) in [5, 5.41) is 4.58. The van der Waals surface area contributed by atoms with Gasteiger partial charge in [0.15, 0.2) is 17.5 Å². The highest BCUT2D eigenvalue weighted by atomic mass is 32.1. The van der Waals surface area contributed by atoms with Gasteiger partial charge >= 0.3 is 0 Å². The van der Waals surface area contributed by atoms with E-state index in [9.17, 15) is 18.0 Å². The number of carbonyl (C=O) groups is 1. The summed E-state index contributed by atoms with van der Waals surface area (Å²) in [5.41, 5.74) is -0.472. The van der Waals surface area contributed by atoms with Crippen LogP contribution in [0.3, 0.4) is 0 Å². The zero-order chi connectivity index (χ0) is 14.3. The number of thiophene rings is 1. The minimum Gasteiger partial charge on any atom is -0.349 e. The van der Waals surface area contributed by atoms with Crippen molar-refractivity contribution >= 4 is 17.2 Å². The minimum absolute atomic E-state index is 0.0753. The fourth-order valence-electron chi connectivity index (χ4n) is 2.12. The van der Waals surface area contributed by atoms with Crippen LogP contribution >= 0.6 is 11.3 Å². The number of nitrogens with one attached hydrogen (secondary N) is 1. The maximum absolute atomic E-state index is 13.5. The zero-order valence-electron chi connectivity index (χ0n) is 10.2. The highest BCUT2D eigenvalue weighted by Crippen LogP contribution is 2.43.